The van der Waals surface area contributed by atoms with Gasteiger partial charge in [0.1, 0.15) is 0 Å². The van der Waals surface area contributed by atoms with Gasteiger partial charge in [0.2, 0.25) is 0 Å². The van der Waals surface area contributed by atoms with Crippen LogP contribution >= 0.6 is 27.3 Å². The van der Waals surface area contributed by atoms with Gasteiger partial charge in [-0.1, -0.05) is 24.3 Å². The van der Waals surface area contributed by atoms with E-state index in [4.69, 9.17) is 0 Å². The van der Waals surface area contributed by atoms with Crippen molar-refractivity contribution in [3.8, 4) is 0 Å². The van der Waals surface area contributed by atoms with Crippen LogP contribution in [0.15, 0.2) is 40.2 Å². The van der Waals surface area contributed by atoms with Crippen LogP contribution in [-0.4, -0.2) is 0 Å². The molecule has 1 N–H and O–H groups in total. The number of halogens is 1. The van der Waals surface area contributed by atoms with Crippen molar-refractivity contribution < 1.29 is 0 Å². The molecule has 2 atom stereocenters. The zero-order valence-corrected chi connectivity index (χ0v) is 13.3. The van der Waals surface area contributed by atoms with Gasteiger partial charge in [0.15, 0.2) is 0 Å². The van der Waals surface area contributed by atoms with E-state index < -0.39 is 0 Å². The molecule has 2 rings (SSSR count). The highest BCUT2D eigenvalue weighted by atomic mass is 79.9. The summed E-state index contributed by atoms with van der Waals surface area (Å²) in [5.41, 5.74) is 2.72. The highest BCUT2D eigenvalue weighted by Gasteiger charge is 2.13. The molecule has 0 fully saturated rings. The van der Waals surface area contributed by atoms with E-state index in [1.165, 1.54) is 20.5 Å². The van der Waals surface area contributed by atoms with E-state index in [2.05, 4.69) is 77.7 Å². The molecule has 18 heavy (non-hydrogen) atoms. The van der Waals surface area contributed by atoms with E-state index in [1.54, 1.807) is 11.3 Å². The Labute approximate surface area is 121 Å². The Morgan fingerprint density at radius 1 is 1.17 bits per heavy atom. The van der Waals surface area contributed by atoms with Crippen LogP contribution in [0.2, 0.25) is 0 Å². The predicted octanol–water partition coefficient (Wildman–Crippen LogP) is 5.23. The van der Waals surface area contributed by atoms with E-state index in [0.29, 0.717) is 12.1 Å². The summed E-state index contributed by atoms with van der Waals surface area (Å²) in [6, 6.07) is 11.5. The molecule has 1 aromatic carbocycles. The zero-order chi connectivity index (χ0) is 13.1. The van der Waals surface area contributed by atoms with Crippen LogP contribution in [0.1, 0.15) is 41.9 Å². The fourth-order valence-electron chi connectivity index (χ4n) is 2.17. The number of rotatable bonds is 4. The summed E-state index contributed by atoms with van der Waals surface area (Å²) in [6.07, 6.45) is 0. The van der Waals surface area contributed by atoms with Crippen molar-refractivity contribution in [1.29, 1.82) is 0 Å². The molecule has 0 amide bonds. The summed E-state index contributed by atoms with van der Waals surface area (Å²) >= 11 is 5.30. The third kappa shape index (κ3) is 3.22. The molecule has 0 radical (unpaired) electrons. The first-order chi connectivity index (χ1) is 8.58. The van der Waals surface area contributed by atoms with Crippen molar-refractivity contribution in [2.45, 2.75) is 32.9 Å². The second-order valence-corrected chi connectivity index (χ2v) is 6.49. The molecular formula is C15H18BrNS. The molecule has 0 spiro atoms. The second kappa shape index (κ2) is 6.00. The molecule has 1 nitrogen and oxygen atoms in total. The normalized spacial score (nSPS) is 14.4. The Hall–Kier alpha value is -0.640. The zero-order valence-electron chi connectivity index (χ0n) is 10.9. The molecule has 2 aromatic rings. The Balaban J connectivity index is 2.08. The van der Waals surface area contributed by atoms with Crippen molar-refractivity contribution in [2.24, 2.45) is 0 Å². The van der Waals surface area contributed by atoms with Crippen LogP contribution in [-0.2, 0) is 0 Å². The predicted molar refractivity (Wildman–Crippen MR) is 83.2 cm³/mol. The molecule has 1 aromatic heterocycles. The third-order valence-corrected chi connectivity index (χ3v) is 5.05. The minimum atomic E-state index is 0.363. The maximum atomic E-state index is 3.66. The molecule has 0 bridgehead atoms. The van der Waals surface area contributed by atoms with Gasteiger partial charge in [0.05, 0.1) is 0 Å². The van der Waals surface area contributed by atoms with Gasteiger partial charge in [-0.3, -0.25) is 0 Å². The van der Waals surface area contributed by atoms with Gasteiger partial charge in [-0.05, 0) is 53.9 Å². The van der Waals surface area contributed by atoms with Crippen LogP contribution in [0, 0.1) is 6.92 Å². The van der Waals surface area contributed by atoms with Crippen molar-refractivity contribution in [3.63, 3.8) is 0 Å². The minimum Gasteiger partial charge on any atom is -0.303 e. The number of hydrogen-bond donors (Lipinski definition) is 1. The summed E-state index contributed by atoms with van der Waals surface area (Å²) in [5, 5.41) is 5.79. The lowest BCUT2D eigenvalue weighted by Gasteiger charge is -2.21. The Kier molecular flexibility index (Phi) is 4.60. The highest BCUT2D eigenvalue weighted by molar-refractivity contribution is 9.10. The summed E-state index contributed by atoms with van der Waals surface area (Å²) in [4.78, 5) is 1.36. The number of aryl methyl sites for hydroxylation is 1. The van der Waals surface area contributed by atoms with Gasteiger partial charge in [-0.15, -0.1) is 11.3 Å². The minimum absolute atomic E-state index is 0.363. The molecule has 0 aliphatic rings. The van der Waals surface area contributed by atoms with E-state index >= 15 is 0 Å². The molecule has 0 aliphatic carbocycles. The molecule has 3 heteroatoms. The summed E-state index contributed by atoms with van der Waals surface area (Å²) in [5.74, 6) is 0. The number of nitrogens with one attached hydrogen (secondary N) is 1. The lowest BCUT2D eigenvalue weighted by molar-refractivity contribution is 0.498. The van der Waals surface area contributed by atoms with Gasteiger partial charge in [-0.25, -0.2) is 0 Å². The van der Waals surface area contributed by atoms with Crippen molar-refractivity contribution >= 4 is 27.3 Å². The number of benzene rings is 1. The fraction of sp³-hybridized carbons (Fsp3) is 0.333. The molecule has 1 unspecified atom stereocenters. The maximum absolute atomic E-state index is 3.66. The Morgan fingerprint density at radius 3 is 2.50 bits per heavy atom. The van der Waals surface area contributed by atoms with E-state index in [0.717, 1.165) is 0 Å². The van der Waals surface area contributed by atoms with Gasteiger partial charge in [0.25, 0.3) is 0 Å². The van der Waals surface area contributed by atoms with Crippen LogP contribution in [0.25, 0.3) is 0 Å². The summed E-state index contributed by atoms with van der Waals surface area (Å²) in [7, 11) is 0. The second-order valence-electron chi connectivity index (χ2n) is 4.63. The fourth-order valence-corrected chi connectivity index (χ4v) is 3.64. The molecule has 0 saturated heterocycles. The summed E-state index contributed by atoms with van der Waals surface area (Å²) < 4.78 is 1.17. The van der Waals surface area contributed by atoms with Crippen molar-refractivity contribution in [1.82, 2.24) is 5.32 Å². The first-order valence-corrected chi connectivity index (χ1v) is 7.80. The monoisotopic (exact) mass is 323 g/mol. The lowest BCUT2D eigenvalue weighted by Crippen LogP contribution is -2.22. The van der Waals surface area contributed by atoms with Gasteiger partial charge < -0.3 is 5.32 Å². The Morgan fingerprint density at radius 2 is 1.89 bits per heavy atom. The molecular weight excluding hydrogens is 306 g/mol. The number of hydrogen-bond acceptors (Lipinski definition) is 2. The summed E-state index contributed by atoms with van der Waals surface area (Å²) in [6.45, 7) is 6.61. The maximum Gasteiger partial charge on any atom is 0.0391 e. The Bertz CT molecular complexity index is 521. The average molecular weight is 324 g/mol. The molecule has 0 aliphatic heterocycles. The molecule has 96 valence electrons. The molecule has 1 heterocycles. The van der Waals surface area contributed by atoms with E-state index in [9.17, 15) is 0 Å². The number of thiophene rings is 1. The third-order valence-electron chi connectivity index (χ3n) is 3.17. The van der Waals surface area contributed by atoms with Crippen LogP contribution in [0.4, 0.5) is 0 Å². The average Bonchev–Trinajstić information content (AvgIpc) is 2.76. The van der Waals surface area contributed by atoms with Gasteiger partial charge in [0, 0.05) is 26.8 Å². The van der Waals surface area contributed by atoms with Crippen LogP contribution in [0.3, 0.4) is 0 Å². The van der Waals surface area contributed by atoms with Gasteiger partial charge in [-0.2, -0.15) is 0 Å². The van der Waals surface area contributed by atoms with E-state index in [1.807, 2.05) is 0 Å². The first-order valence-electron chi connectivity index (χ1n) is 6.13. The van der Waals surface area contributed by atoms with Crippen LogP contribution in [0.5, 0.6) is 0 Å². The lowest BCUT2D eigenvalue weighted by atomic mass is 10.0. The topological polar surface area (TPSA) is 12.0 Å². The van der Waals surface area contributed by atoms with E-state index in [-0.39, 0.29) is 0 Å². The van der Waals surface area contributed by atoms with Crippen LogP contribution < -0.4 is 5.32 Å². The van der Waals surface area contributed by atoms with Crippen molar-refractivity contribution in [3.05, 3.63) is 56.2 Å². The standard InChI is InChI=1S/C15H18BrNS/c1-10-6-4-5-7-14(10)11(2)17-12(3)15-8-13(16)9-18-15/h4-9,11-12,17H,1-3H3/t11-,12?/m1/s1. The largest absolute Gasteiger partial charge is 0.303 e. The SMILES string of the molecule is Cc1ccccc1[C@@H](C)NC(C)c1cc(Br)cs1. The molecule has 0 saturated carbocycles. The smallest absolute Gasteiger partial charge is 0.0391 e. The van der Waals surface area contributed by atoms with Gasteiger partial charge >= 0.3 is 0 Å². The van der Waals surface area contributed by atoms with Crippen molar-refractivity contribution in [2.75, 3.05) is 0 Å². The quantitative estimate of drug-likeness (QED) is 0.812. The first kappa shape index (κ1) is 13.8. The highest BCUT2D eigenvalue weighted by Crippen LogP contribution is 2.27.